The molecule has 0 bridgehead atoms. The van der Waals surface area contributed by atoms with Gasteiger partial charge in [0, 0.05) is 12.5 Å². The number of urea groups is 1. The number of benzene rings is 2. The van der Waals surface area contributed by atoms with E-state index >= 15 is 0 Å². The lowest BCUT2D eigenvalue weighted by molar-refractivity contribution is -0.204. The van der Waals surface area contributed by atoms with Crippen LogP contribution in [0.5, 0.6) is 17.2 Å². The lowest BCUT2D eigenvalue weighted by atomic mass is 10.1. The zero-order valence-electron chi connectivity index (χ0n) is 19.2. The second-order valence-electron chi connectivity index (χ2n) is 7.69. The zero-order chi connectivity index (χ0) is 25.8. The molecule has 0 spiro atoms. The lowest BCUT2D eigenvalue weighted by Crippen LogP contribution is -2.69. The minimum absolute atomic E-state index is 0.110. The maximum atomic E-state index is 14.1. The van der Waals surface area contributed by atoms with Crippen LogP contribution < -0.4 is 24.8 Å². The first-order valence-electron chi connectivity index (χ1n) is 10.4. The van der Waals surface area contributed by atoms with Gasteiger partial charge in [0.15, 0.2) is 0 Å². The zero-order valence-corrected chi connectivity index (χ0v) is 19.2. The molecule has 1 heterocycles. The van der Waals surface area contributed by atoms with Gasteiger partial charge in [0.05, 0.1) is 27.9 Å². The second-order valence-corrected chi connectivity index (χ2v) is 7.69. The molecule has 0 saturated carbocycles. The van der Waals surface area contributed by atoms with E-state index in [1.165, 1.54) is 39.5 Å². The van der Waals surface area contributed by atoms with Gasteiger partial charge in [-0.3, -0.25) is 19.8 Å². The number of hydrogen-bond acceptors (Lipinski definition) is 6. The van der Waals surface area contributed by atoms with Crippen LogP contribution in [-0.4, -0.2) is 55.9 Å². The molecule has 0 aliphatic carbocycles. The molecule has 3 rings (SSSR count). The Labute approximate surface area is 199 Å². The number of carbonyl (C=O) groups excluding carboxylic acids is 3. The Bertz CT molecular complexity index is 1080. The monoisotopic (exact) mass is 495 g/mol. The van der Waals surface area contributed by atoms with Gasteiger partial charge < -0.3 is 19.5 Å². The van der Waals surface area contributed by atoms with Crippen LogP contribution in [0.25, 0.3) is 0 Å². The molecule has 1 atom stereocenters. The molecule has 1 fully saturated rings. The molecular weight excluding hydrogens is 471 g/mol. The molecule has 2 N–H and O–H groups in total. The number of hydrogen-bond donors (Lipinski definition) is 2. The minimum Gasteiger partial charge on any atom is -0.497 e. The van der Waals surface area contributed by atoms with E-state index in [0.29, 0.717) is 27.7 Å². The van der Waals surface area contributed by atoms with Crippen molar-refractivity contribution in [3.8, 4) is 17.2 Å². The van der Waals surface area contributed by atoms with Gasteiger partial charge in [-0.05, 0) is 41.8 Å². The fourth-order valence-corrected chi connectivity index (χ4v) is 3.53. The summed E-state index contributed by atoms with van der Waals surface area (Å²) in [5, 5.41) is 3.34. The summed E-state index contributed by atoms with van der Waals surface area (Å²) in [7, 11) is 4.24. The van der Waals surface area contributed by atoms with Crippen molar-refractivity contribution in [2.24, 2.45) is 0 Å². The van der Waals surface area contributed by atoms with Gasteiger partial charge in [-0.1, -0.05) is 12.1 Å². The van der Waals surface area contributed by atoms with E-state index in [9.17, 15) is 27.6 Å². The van der Waals surface area contributed by atoms with Crippen molar-refractivity contribution < 1.29 is 41.8 Å². The number of methoxy groups -OCH3 is 3. The molecule has 35 heavy (non-hydrogen) atoms. The number of carbonyl (C=O) groups is 3. The third-order valence-corrected chi connectivity index (χ3v) is 5.41. The molecule has 4 amide bonds. The van der Waals surface area contributed by atoms with E-state index in [1.807, 2.05) is 0 Å². The number of aryl methyl sites for hydroxylation is 1. The van der Waals surface area contributed by atoms with E-state index in [4.69, 9.17) is 14.2 Å². The van der Waals surface area contributed by atoms with E-state index in [2.05, 4.69) is 0 Å². The van der Waals surface area contributed by atoms with Crippen molar-refractivity contribution in [2.45, 2.75) is 31.2 Å². The number of rotatable bonds is 9. The summed E-state index contributed by atoms with van der Waals surface area (Å²) >= 11 is 0. The maximum absolute atomic E-state index is 14.1. The molecular formula is C23H24F3N3O6. The SMILES string of the molecule is COc1ccc(CCC(=O)N[C@@]2(C(F)(F)F)NC(=O)N(Cc3cc(OC)cc(OC)c3)C2=O)cc1. The highest BCUT2D eigenvalue weighted by Crippen LogP contribution is 2.35. The van der Waals surface area contributed by atoms with Crippen molar-refractivity contribution in [1.29, 1.82) is 0 Å². The predicted molar refractivity (Wildman–Crippen MR) is 117 cm³/mol. The molecule has 2 aromatic rings. The molecule has 1 saturated heterocycles. The molecule has 0 aromatic heterocycles. The van der Waals surface area contributed by atoms with Gasteiger partial charge in [-0.15, -0.1) is 0 Å². The van der Waals surface area contributed by atoms with Crippen molar-refractivity contribution in [1.82, 2.24) is 15.5 Å². The van der Waals surface area contributed by atoms with Crippen LogP contribution in [-0.2, 0) is 22.6 Å². The van der Waals surface area contributed by atoms with Gasteiger partial charge in [0.2, 0.25) is 5.91 Å². The highest BCUT2D eigenvalue weighted by molar-refractivity contribution is 6.08. The maximum Gasteiger partial charge on any atom is 0.440 e. The number of alkyl halides is 3. The standard InChI is InChI=1S/C23H24F3N3O6/c1-33-16-7-4-14(5-8-16)6-9-19(30)27-22(23(24,25)26)20(31)29(21(32)28-22)13-15-10-17(34-2)12-18(11-15)35-3/h4-5,7-8,10-12H,6,9,13H2,1-3H3,(H,27,30)(H,28,32)/t22-/m1/s1. The van der Waals surface area contributed by atoms with Crippen LogP contribution in [0.2, 0.25) is 0 Å². The first-order valence-corrected chi connectivity index (χ1v) is 10.4. The van der Waals surface area contributed by atoms with Crippen LogP contribution in [0.3, 0.4) is 0 Å². The van der Waals surface area contributed by atoms with E-state index < -0.39 is 36.2 Å². The number of nitrogens with zero attached hydrogens (tertiary/aromatic N) is 1. The van der Waals surface area contributed by atoms with Gasteiger partial charge in [-0.25, -0.2) is 4.79 Å². The van der Waals surface area contributed by atoms with Crippen molar-refractivity contribution in [2.75, 3.05) is 21.3 Å². The summed E-state index contributed by atoms with van der Waals surface area (Å²) in [6, 6.07) is 9.75. The molecule has 1 aliphatic heterocycles. The molecule has 9 nitrogen and oxygen atoms in total. The third kappa shape index (κ3) is 5.42. The van der Waals surface area contributed by atoms with Gasteiger partial charge in [-0.2, -0.15) is 13.2 Å². The molecule has 0 radical (unpaired) electrons. The lowest BCUT2D eigenvalue weighted by Gasteiger charge is -2.30. The summed E-state index contributed by atoms with van der Waals surface area (Å²) in [5.74, 6) is -1.48. The largest absolute Gasteiger partial charge is 0.497 e. The summed E-state index contributed by atoms with van der Waals surface area (Å²) in [6.45, 7) is -0.502. The van der Waals surface area contributed by atoms with Crippen molar-refractivity contribution in [3.63, 3.8) is 0 Å². The quantitative estimate of drug-likeness (QED) is 0.519. The van der Waals surface area contributed by atoms with Crippen molar-refractivity contribution in [3.05, 3.63) is 53.6 Å². The Balaban J connectivity index is 1.78. The second kappa shape index (κ2) is 10.1. The van der Waals surface area contributed by atoms with Crippen LogP contribution in [0.4, 0.5) is 18.0 Å². The van der Waals surface area contributed by atoms with Crippen LogP contribution >= 0.6 is 0 Å². The Morgan fingerprint density at radius 2 is 1.51 bits per heavy atom. The minimum atomic E-state index is -5.30. The highest BCUT2D eigenvalue weighted by atomic mass is 19.4. The predicted octanol–water partition coefficient (Wildman–Crippen LogP) is 2.77. The van der Waals surface area contributed by atoms with Gasteiger partial charge >= 0.3 is 12.2 Å². The normalized spacial score (nSPS) is 17.7. The van der Waals surface area contributed by atoms with E-state index in [0.717, 1.165) is 0 Å². The Morgan fingerprint density at radius 1 is 0.943 bits per heavy atom. The first-order chi connectivity index (χ1) is 16.5. The summed E-state index contributed by atoms with van der Waals surface area (Å²) in [6.07, 6.45) is -5.53. The number of halogens is 3. The van der Waals surface area contributed by atoms with Crippen LogP contribution in [0.1, 0.15) is 17.5 Å². The van der Waals surface area contributed by atoms with E-state index in [-0.39, 0.29) is 18.4 Å². The number of amides is 4. The Hall–Kier alpha value is -3.96. The summed E-state index contributed by atoms with van der Waals surface area (Å²) in [4.78, 5) is 38.2. The Morgan fingerprint density at radius 3 is 2.03 bits per heavy atom. The first kappa shape index (κ1) is 25.7. The topological polar surface area (TPSA) is 106 Å². The average Bonchev–Trinajstić information content (AvgIpc) is 3.07. The van der Waals surface area contributed by atoms with Crippen LogP contribution in [0, 0.1) is 0 Å². The number of imide groups is 1. The van der Waals surface area contributed by atoms with Crippen LogP contribution in [0.15, 0.2) is 42.5 Å². The number of ether oxygens (including phenoxy) is 3. The van der Waals surface area contributed by atoms with Gasteiger partial charge in [0.1, 0.15) is 17.2 Å². The fourth-order valence-electron chi connectivity index (χ4n) is 3.53. The highest BCUT2D eigenvalue weighted by Gasteiger charge is 2.68. The molecule has 1 aliphatic rings. The van der Waals surface area contributed by atoms with E-state index in [1.54, 1.807) is 34.9 Å². The molecule has 2 aromatic carbocycles. The smallest absolute Gasteiger partial charge is 0.440 e. The Kier molecular flexibility index (Phi) is 7.42. The molecule has 0 unspecified atom stereocenters. The summed E-state index contributed by atoms with van der Waals surface area (Å²) < 4.78 is 57.5. The van der Waals surface area contributed by atoms with Crippen molar-refractivity contribution >= 4 is 17.8 Å². The fraction of sp³-hybridized carbons (Fsp3) is 0.348. The van der Waals surface area contributed by atoms with Gasteiger partial charge in [0.25, 0.3) is 11.6 Å². The molecule has 12 heteroatoms. The molecule has 188 valence electrons. The third-order valence-electron chi connectivity index (χ3n) is 5.41. The summed E-state index contributed by atoms with van der Waals surface area (Å²) in [5.41, 5.74) is -2.62. The average molecular weight is 495 g/mol. The number of nitrogens with one attached hydrogen (secondary N) is 2.